The average Bonchev–Trinajstić information content (AvgIpc) is 2.51. The zero-order valence-electron chi connectivity index (χ0n) is 13.1. The van der Waals surface area contributed by atoms with Gasteiger partial charge >= 0.3 is 5.97 Å². The van der Waals surface area contributed by atoms with E-state index in [9.17, 15) is 14.4 Å². The first-order valence-electron chi connectivity index (χ1n) is 7.41. The molecule has 0 saturated heterocycles. The molecule has 0 radical (unpaired) electrons. The molecule has 0 heterocycles. The van der Waals surface area contributed by atoms with Gasteiger partial charge in [-0.1, -0.05) is 31.9 Å². The molecule has 1 aromatic rings. The van der Waals surface area contributed by atoms with Crippen molar-refractivity contribution >= 4 is 29.4 Å². The fourth-order valence-corrected chi connectivity index (χ4v) is 2.06. The van der Waals surface area contributed by atoms with Crippen molar-refractivity contribution in [2.24, 2.45) is 5.92 Å². The zero-order valence-corrected chi connectivity index (χ0v) is 13.9. The number of benzene rings is 1. The van der Waals surface area contributed by atoms with Crippen molar-refractivity contribution in [3.63, 3.8) is 0 Å². The lowest BCUT2D eigenvalue weighted by Crippen LogP contribution is -2.50. The van der Waals surface area contributed by atoms with Crippen molar-refractivity contribution in [1.82, 2.24) is 10.6 Å². The van der Waals surface area contributed by atoms with Gasteiger partial charge < -0.3 is 15.7 Å². The maximum Gasteiger partial charge on any atom is 0.305 e. The molecular formula is C16H21ClN2O4. The van der Waals surface area contributed by atoms with Gasteiger partial charge in [-0.25, -0.2) is 0 Å². The normalized spacial score (nSPS) is 13.0. The van der Waals surface area contributed by atoms with Crippen molar-refractivity contribution in [1.29, 1.82) is 0 Å². The first-order valence-corrected chi connectivity index (χ1v) is 7.78. The fourth-order valence-electron chi connectivity index (χ4n) is 1.93. The van der Waals surface area contributed by atoms with E-state index < -0.39 is 12.0 Å². The molecule has 2 atom stereocenters. The number of carboxylic acids is 1. The summed E-state index contributed by atoms with van der Waals surface area (Å²) in [4.78, 5) is 35.0. The second kappa shape index (κ2) is 9.15. The molecule has 0 bridgehead atoms. The standard InChI is InChI=1S/C16H21ClN2O4/c1-3-10(2)14(16(23)18-9-8-13(20)21)19-15(22)11-4-6-12(17)7-5-11/h4-7,10,14H,3,8-9H2,1-2H3,(H,18,23)(H,19,22)(H,20,21). The summed E-state index contributed by atoms with van der Waals surface area (Å²) in [6, 6.07) is 5.63. The summed E-state index contributed by atoms with van der Waals surface area (Å²) in [6.45, 7) is 3.79. The van der Waals surface area contributed by atoms with Crippen LogP contribution in [0.4, 0.5) is 0 Å². The monoisotopic (exact) mass is 340 g/mol. The van der Waals surface area contributed by atoms with E-state index in [1.165, 1.54) is 0 Å². The molecule has 0 aromatic heterocycles. The van der Waals surface area contributed by atoms with Gasteiger partial charge in [0.2, 0.25) is 5.91 Å². The topological polar surface area (TPSA) is 95.5 Å². The third-order valence-electron chi connectivity index (χ3n) is 3.53. The predicted octanol–water partition coefficient (Wildman–Crippen LogP) is 2.08. The molecular weight excluding hydrogens is 320 g/mol. The Morgan fingerprint density at radius 1 is 1.22 bits per heavy atom. The number of aliphatic carboxylic acids is 1. The van der Waals surface area contributed by atoms with Crippen LogP contribution in [-0.2, 0) is 9.59 Å². The second-order valence-corrected chi connectivity index (χ2v) is 5.71. The van der Waals surface area contributed by atoms with Crippen LogP contribution in [-0.4, -0.2) is 35.5 Å². The van der Waals surface area contributed by atoms with E-state index in [1.54, 1.807) is 24.3 Å². The molecule has 2 amide bonds. The number of rotatable bonds is 8. The van der Waals surface area contributed by atoms with E-state index in [0.29, 0.717) is 17.0 Å². The summed E-state index contributed by atoms with van der Waals surface area (Å²) in [6.07, 6.45) is 0.530. The molecule has 0 saturated carbocycles. The lowest BCUT2D eigenvalue weighted by Gasteiger charge is -2.23. The minimum absolute atomic E-state index is 0.0257. The van der Waals surface area contributed by atoms with Crippen LogP contribution in [0.3, 0.4) is 0 Å². The Hall–Kier alpha value is -2.08. The number of hydrogen-bond donors (Lipinski definition) is 3. The number of halogens is 1. The van der Waals surface area contributed by atoms with E-state index in [2.05, 4.69) is 10.6 Å². The van der Waals surface area contributed by atoms with Gasteiger partial charge in [-0.2, -0.15) is 0 Å². The average molecular weight is 341 g/mol. The Bertz CT molecular complexity index is 560. The summed E-state index contributed by atoms with van der Waals surface area (Å²) < 4.78 is 0. The summed E-state index contributed by atoms with van der Waals surface area (Å²) in [5, 5.41) is 14.4. The van der Waals surface area contributed by atoms with E-state index in [1.807, 2.05) is 13.8 Å². The van der Waals surface area contributed by atoms with Crippen molar-refractivity contribution in [3.05, 3.63) is 34.9 Å². The largest absolute Gasteiger partial charge is 0.481 e. The second-order valence-electron chi connectivity index (χ2n) is 5.28. The molecule has 126 valence electrons. The molecule has 1 rings (SSSR count). The number of carboxylic acid groups (broad SMARTS) is 1. The molecule has 7 heteroatoms. The fraction of sp³-hybridized carbons (Fsp3) is 0.438. The summed E-state index contributed by atoms with van der Waals surface area (Å²) in [7, 11) is 0. The number of hydrogen-bond acceptors (Lipinski definition) is 3. The highest BCUT2D eigenvalue weighted by molar-refractivity contribution is 6.30. The van der Waals surface area contributed by atoms with Gasteiger partial charge in [0.25, 0.3) is 5.91 Å². The molecule has 1 aromatic carbocycles. The quantitative estimate of drug-likeness (QED) is 0.675. The molecule has 2 unspecified atom stereocenters. The Balaban J connectivity index is 2.73. The van der Waals surface area contributed by atoms with Crippen molar-refractivity contribution in [2.75, 3.05) is 6.54 Å². The molecule has 0 aliphatic rings. The summed E-state index contributed by atoms with van der Waals surface area (Å²) in [5.41, 5.74) is 0.404. The van der Waals surface area contributed by atoms with Crippen LogP contribution in [0, 0.1) is 5.92 Å². The Labute approximate surface area is 140 Å². The number of carbonyl (C=O) groups excluding carboxylic acids is 2. The first kappa shape index (κ1) is 19.0. The Morgan fingerprint density at radius 3 is 2.35 bits per heavy atom. The maximum absolute atomic E-state index is 12.2. The van der Waals surface area contributed by atoms with Crippen LogP contribution >= 0.6 is 11.6 Å². The highest BCUT2D eigenvalue weighted by atomic mass is 35.5. The van der Waals surface area contributed by atoms with Crippen LogP contribution in [0.5, 0.6) is 0 Å². The van der Waals surface area contributed by atoms with Crippen molar-refractivity contribution in [3.8, 4) is 0 Å². The van der Waals surface area contributed by atoms with Crippen molar-refractivity contribution in [2.45, 2.75) is 32.7 Å². The minimum Gasteiger partial charge on any atom is -0.481 e. The van der Waals surface area contributed by atoms with Crippen LogP contribution in [0.1, 0.15) is 37.0 Å². The molecule has 0 spiro atoms. The molecule has 0 aliphatic carbocycles. The maximum atomic E-state index is 12.2. The molecule has 0 aliphatic heterocycles. The highest BCUT2D eigenvalue weighted by Gasteiger charge is 2.26. The molecule has 3 N–H and O–H groups in total. The van der Waals surface area contributed by atoms with Crippen LogP contribution in [0.15, 0.2) is 24.3 Å². The van der Waals surface area contributed by atoms with Gasteiger partial charge in [-0.05, 0) is 30.2 Å². The van der Waals surface area contributed by atoms with Crippen LogP contribution in [0.25, 0.3) is 0 Å². The van der Waals surface area contributed by atoms with Gasteiger partial charge in [0.05, 0.1) is 6.42 Å². The molecule has 23 heavy (non-hydrogen) atoms. The summed E-state index contributed by atoms with van der Waals surface area (Å²) >= 11 is 5.78. The number of nitrogens with one attached hydrogen (secondary N) is 2. The van der Waals surface area contributed by atoms with Crippen molar-refractivity contribution < 1.29 is 19.5 Å². The Morgan fingerprint density at radius 2 is 1.83 bits per heavy atom. The van der Waals surface area contributed by atoms with Crippen LogP contribution in [0.2, 0.25) is 5.02 Å². The van der Waals surface area contributed by atoms with E-state index in [0.717, 1.165) is 0 Å². The van der Waals surface area contributed by atoms with Gasteiger partial charge in [0.1, 0.15) is 6.04 Å². The highest BCUT2D eigenvalue weighted by Crippen LogP contribution is 2.12. The molecule has 6 nitrogen and oxygen atoms in total. The predicted molar refractivity (Wildman–Crippen MR) is 87.4 cm³/mol. The lowest BCUT2D eigenvalue weighted by molar-refractivity contribution is -0.137. The third kappa shape index (κ3) is 6.28. The van der Waals surface area contributed by atoms with Gasteiger partial charge in [0.15, 0.2) is 0 Å². The lowest BCUT2D eigenvalue weighted by atomic mass is 9.98. The number of amides is 2. The summed E-state index contributed by atoms with van der Waals surface area (Å²) in [5.74, 6) is -1.84. The van der Waals surface area contributed by atoms with Gasteiger partial charge in [0, 0.05) is 17.1 Å². The Kier molecular flexibility index (Phi) is 7.54. The first-order chi connectivity index (χ1) is 10.8. The molecule has 0 fully saturated rings. The van der Waals surface area contributed by atoms with E-state index in [4.69, 9.17) is 16.7 Å². The van der Waals surface area contributed by atoms with E-state index in [-0.39, 0.29) is 30.7 Å². The smallest absolute Gasteiger partial charge is 0.305 e. The SMILES string of the molecule is CCC(C)C(NC(=O)c1ccc(Cl)cc1)C(=O)NCCC(=O)O. The zero-order chi connectivity index (χ0) is 17.4. The van der Waals surface area contributed by atoms with Crippen LogP contribution < -0.4 is 10.6 Å². The van der Waals surface area contributed by atoms with Gasteiger partial charge in [-0.3, -0.25) is 14.4 Å². The van der Waals surface area contributed by atoms with E-state index >= 15 is 0 Å². The minimum atomic E-state index is -0.990. The number of carbonyl (C=O) groups is 3. The third-order valence-corrected chi connectivity index (χ3v) is 3.78. The van der Waals surface area contributed by atoms with Gasteiger partial charge in [-0.15, -0.1) is 0 Å².